The third kappa shape index (κ3) is 2.95. The van der Waals surface area contributed by atoms with Crippen LogP contribution in [0, 0.1) is 0 Å². The Labute approximate surface area is 128 Å². The molecule has 0 aliphatic rings. The maximum absolute atomic E-state index is 11.0. The second-order valence-electron chi connectivity index (χ2n) is 3.60. The lowest BCUT2D eigenvalue weighted by atomic mass is 10.1. The zero-order valence-electron chi connectivity index (χ0n) is 9.12. The number of pyridine rings is 1. The van der Waals surface area contributed by atoms with Gasteiger partial charge in [0.2, 0.25) is 0 Å². The minimum Gasteiger partial charge on any atom is -0.478 e. The number of carbonyl (C=O) groups is 1. The number of hydrogen-bond donors (Lipinski definition) is 1. The number of hydrogen-bond acceptors (Lipinski definition) is 2. The zero-order valence-corrected chi connectivity index (χ0v) is 12.1. The lowest BCUT2D eigenvalue weighted by molar-refractivity contribution is 0.0697. The van der Waals surface area contributed by atoms with Gasteiger partial charge < -0.3 is 5.11 Å². The molecule has 0 saturated heterocycles. The van der Waals surface area contributed by atoms with Crippen LogP contribution in [0.5, 0.6) is 0 Å². The van der Waals surface area contributed by atoms with Gasteiger partial charge in [0.05, 0.1) is 26.3 Å². The molecule has 98 valence electrons. The van der Waals surface area contributed by atoms with Crippen LogP contribution in [0.2, 0.25) is 20.1 Å². The molecule has 0 radical (unpaired) electrons. The Bertz CT molecular complexity index is 650. The van der Waals surface area contributed by atoms with Gasteiger partial charge in [-0.3, -0.25) is 4.98 Å². The number of carboxylic acid groups (broad SMARTS) is 1. The van der Waals surface area contributed by atoms with Crippen molar-refractivity contribution in [2.75, 3.05) is 0 Å². The number of carboxylic acids is 1. The van der Waals surface area contributed by atoms with E-state index in [1.165, 1.54) is 24.4 Å². The number of aromatic nitrogens is 1. The fourth-order valence-electron chi connectivity index (χ4n) is 1.53. The predicted molar refractivity (Wildman–Crippen MR) is 76.7 cm³/mol. The minimum absolute atomic E-state index is 0.0393. The average Bonchev–Trinajstić information content (AvgIpc) is 2.29. The molecule has 0 amide bonds. The fourth-order valence-corrected chi connectivity index (χ4v) is 2.72. The van der Waals surface area contributed by atoms with Crippen molar-refractivity contribution in [1.29, 1.82) is 0 Å². The van der Waals surface area contributed by atoms with Crippen molar-refractivity contribution in [2.24, 2.45) is 0 Å². The van der Waals surface area contributed by atoms with Crippen LogP contribution in [0.1, 0.15) is 10.4 Å². The van der Waals surface area contributed by atoms with Crippen LogP contribution in [-0.4, -0.2) is 16.1 Å². The molecule has 0 aliphatic heterocycles. The highest BCUT2D eigenvalue weighted by atomic mass is 35.5. The second kappa shape index (κ2) is 5.55. The van der Waals surface area contributed by atoms with Gasteiger partial charge in [-0.05, 0) is 18.2 Å². The number of halogens is 4. The third-order valence-corrected chi connectivity index (χ3v) is 3.46. The van der Waals surface area contributed by atoms with Crippen molar-refractivity contribution in [3.63, 3.8) is 0 Å². The Morgan fingerprint density at radius 2 is 1.58 bits per heavy atom. The van der Waals surface area contributed by atoms with Crippen molar-refractivity contribution in [3.05, 3.63) is 50.0 Å². The molecule has 0 bridgehead atoms. The molecule has 0 spiro atoms. The number of aromatic carboxylic acids is 1. The summed E-state index contributed by atoms with van der Waals surface area (Å²) in [6.07, 6.45) is 1.24. The van der Waals surface area contributed by atoms with Gasteiger partial charge in [0, 0.05) is 16.8 Å². The summed E-state index contributed by atoms with van der Waals surface area (Å²) < 4.78 is 0. The Morgan fingerprint density at radius 1 is 1.00 bits per heavy atom. The second-order valence-corrected chi connectivity index (χ2v) is 5.26. The van der Waals surface area contributed by atoms with Crippen LogP contribution in [0.4, 0.5) is 0 Å². The van der Waals surface area contributed by atoms with Gasteiger partial charge in [0.1, 0.15) is 0 Å². The first-order valence-corrected chi connectivity index (χ1v) is 6.45. The molecule has 19 heavy (non-hydrogen) atoms. The summed E-state index contributed by atoms with van der Waals surface area (Å²) in [5.74, 6) is -1.16. The summed E-state index contributed by atoms with van der Waals surface area (Å²) >= 11 is 23.7. The highest BCUT2D eigenvalue weighted by Crippen LogP contribution is 2.37. The summed E-state index contributed by atoms with van der Waals surface area (Å²) in [4.78, 5) is 15.1. The van der Waals surface area contributed by atoms with Gasteiger partial charge in [0.25, 0.3) is 0 Å². The summed E-state index contributed by atoms with van der Waals surface area (Å²) in [6, 6.07) is 4.31. The van der Waals surface area contributed by atoms with Crippen LogP contribution < -0.4 is 0 Å². The molecule has 1 heterocycles. The van der Waals surface area contributed by atoms with E-state index in [2.05, 4.69) is 4.98 Å². The van der Waals surface area contributed by atoms with E-state index < -0.39 is 5.97 Å². The van der Waals surface area contributed by atoms with E-state index in [1.807, 2.05) is 0 Å². The highest BCUT2D eigenvalue weighted by Gasteiger charge is 2.16. The van der Waals surface area contributed by atoms with Crippen LogP contribution in [0.3, 0.4) is 0 Å². The molecular formula is C12H5Cl4NO2. The number of nitrogens with zero attached hydrogens (tertiary/aromatic N) is 1. The standard InChI is InChI=1S/C12H5Cl4NO2/c13-5-1-7(14)11(8(15)2-5)10-3-6(12(18)19)9(16)4-17-10/h1-4H,(H,18,19). The topological polar surface area (TPSA) is 50.2 Å². The fraction of sp³-hybridized carbons (Fsp3) is 0. The highest BCUT2D eigenvalue weighted by molar-refractivity contribution is 6.41. The van der Waals surface area contributed by atoms with Gasteiger partial charge in [-0.25, -0.2) is 4.79 Å². The van der Waals surface area contributed by atoms with E-state index in [0.717, 1.165) is 0 Å². The first-order valence-electron chi connectivity index (χ1n) is 4.94. The van der Waals surface area contributed by atoms with Crippen molar-refractivity contribution in [1.82, 2.24) is 4.98 Å². The van der Waals surface area contributed by atoms with E-state index in [1.54, 1.807) is 0 Å². The maximum atomic E-state index is 11.0. The molecule has 1 aromatic heterocycles. The Morgan fingerprint density at radius 3 is 2.11 bits per heavy atom. The SMILES string of the molecule is O=C(O)c1cc(-c2c(Cl)cc(Cl)cc2Cl)ncc1Cl. The molecule has 0 saturated carbocycles. The van der Waals surface area contributed by atoms with Gasteiger partial charge in [-0.2, -0.15) is 0 Å². The quantitative estimate of drug-likeness (QED) is 0.833. The minimum atomic E-state index is -1.16. The maximum Gasteiger partial charge on any atom is 0.337 e. The third-order valence-electron chi connectivity index (χ3n) is 2.35. The smallest absolute Gasteiger partial charge is 0.337 e. The number of rotatable bonds is 2. The largest absolute Gasteiger partial charge is 0.478 e. The Balaban J connectivity index is 2.66. The van der Waals surface area contributed by atoms with Crippen molar-refractivity contribution in [2.45, 2.75) is 0 Å². The number of benzene rings is 1. The van der Waals surface area contributed by atoms with E-state index >= 15 is 0 Å². The molecule has 0 fully saturated rings. The molecule has 1 N–H and O–H groups in total. The summed E-state index contributed by atoms with van der Waals surface area (Å²) in [7, 11) is 0. The van der Waals surface area contributed by atoms with Crippen molar-refractivity contribution < 1.29 is 9.90 Å². The lowest BCUT2D eigenvalue weighted by Gasteiger charge is -2.08. The molecule has 2 aromatic rings. The lowest BCUT2D eigenvalue weighted by Crippen LogP contribution is -1.99. The first kappa shape index (κ1) is 14.4. The van der Waals surface area contributed by atoms with Crippen LogP contribution in [-0.2, 0) is 0 Å². The van der Waals surface area contributed by atoms with E-state index in [-0.39, 0.29) is 20.6 Å². The summed E-state index contributed by atoms with van der Waals surface area (Å²) in [5, 5.41) is 10.0. The molecule has 3 nitrogen and oxygen atoms in total. The van der Waals surface area contributed by atoms with Crippen LogP contribution >= 0.6 is 46.4 Å². The molecule has 0 unspecified atom stereocenters. The van der Waals surface area contributed by atoms with Crippen molar-refractivity contribution in [3.8, 4) is 11.3 Å². The molecule has 0 atom stereocenters. The average molecular weight is 337 g/mol. The van der Waals surface area contributed by atoms with Gasteiger partial charge >= 0.3 is 5.97 Å². The van der Waals surface area contributed by atoms with Crippen LogP contribution in [0.15, 0.2) is 24.4 Å². The predicted octanol–water partition coefficient (Wildman–Crippen LogP) is 5.06. The van der Waals surface area contributed by atoms with E-state index in [4.69, 9.17) is 51.5 Å². The monoisotopic (exact) mass is 335 g/mol. The molecule has 1 aromatic carbocycles. The molecule has 0 aliphatic carbocycles. The summed E-state index contributed by atoms with van der Waals surface area (Å²) in [5.41, 5.74) is 0.647. The van der Waals surface area contributed by atoms with Crippen molar-refractivity contribution >= 4 is 52.4 Å². The Kier molecular flexibility index (Phi) is 4.21. The molecule has 2 rings (SSSR count). The van der Waals surface area contributed by atoms with Crippen LogP contribution in [0.25, 0.3) is 11.3 Å². The van der Waals surface area contributed by atoms with E-state index in [9.17, 15) is 4.79 Å². The molecular weight excluding hydrogens is 332 g/mol. The summed E-state index contributed by atoms with van der Waals surface area (Å²) in [6.45, 7) is 0. The first-order chi connectivity index (χ1) is 8.90. The van der Waals surface area contributed by atoms with Gasteiger partial charge in [-0.15, -0.1) is 0 Å². The normalized spacial score (nSPS) is 10.5. The zero-order chi connectivity index (χ0) is 14.2. The Hall–Kier alpha value is -1.000. The molecule has 7 heteroatoms. The van der Waals surface area contributed by atoms with Gasteiger partial charge in [0.15, 0.2) is 0 Å². The van der Waals surface area contributed by atoms with E-state index in [0.29, 0.717) is 16.3 Å². The van der Waals surface area contributed by atoms with Gasteiger partial charge in [-0.1, -0.05) is 46.4 Å².